The highest BCUT2D eigenvalue weighted by Gasteiger charge is 2.05. The second-order valence-electron chi connectivity index (χ2n) is 4.69. The third-order valence-corrected chi connectivity index (χ3v) is 3.86. The van der Waals surface area contributed by atoms with Gasteiger partial charge in [0.05, 0.1) is 11.4 Å². The number of phenolic OH excluding ortho intramolecular Hbond substituents is 1. The summed E-state index contributed by atoms with van der Waals surface area (Å²) in [6, 6.07) is 12.8. The molecule has 0 saturated carbocycles. The maximum Gasteiger partial charge on any atom is 0.224 e. The molecule has 0 bridgehead atoms. The fraction of sp³-hybridized carbons (Fsp3) is 0.188. The smallest absolute Gasteiger partial charge is 0.224 e. The molecule has 0 spiro atoms. The third kappa shape index (κ3) is 5.06. The SMILES string of the molecule is O=C(Cc1ccc(O)c(Cl)c1)NCCc1ccc(Br)cc1. The van der Waals surface area contributed by atoms with Crippen molar-refractivity contribution >= 4 is 33.4 Å². The molecule has 0 aliphatic rings. The van der Waals surface area contributed by atoms with Crippen molar-refractivity contribution in [3.63, 3.8) is 0 Å². The number of halogens is 2. The molecule has 0 saturated heterocycles. The minimum atomic E-state index is -0.0612. The van der Waals surface area contributed by atoms with Crippen molar-refractivity contribution in [2.45, 2.75) is 12.8 Å². The zero-order valence-corrected chi connectivity index (χ0v) is 13.6. The summed E-state index contributed by atoms with van der Waals surface area (Å²) < 4.78 is 1.04. The standard InChI is InChI=1S/C16H15BrClNO2/c17-13-4-1-11(2-5-13)7-8-19-16(21)10-12-3-6-15(20)14(18)9-12/h1-6,9,20H,7-8,10H2,(H,19,21). The van der Waals surface area contributed by atoms with Gasteiger partial charge in [-0.2, -0.15) is 0 Å². The monoisotopic (exact) mass is 367 g/mol. The van der Waals surface area contributed by atoms with E-state index in [0.717, 1.165) is 16.5 Å². The zero-order valence-electron chi connectivity index (χ0n) is 11.3. The molecule has 0 aliphatic carbocycles. The van der Waals surface area contributed by atoms with E-state index >= 15 is 0 Å². The van der Waals surface area contributed by atoms with Gasteiger partial charge in [0.2, 0.25) is 5.91 Å². The fourth-order valence-electron chi connectivity index (χ4n) is 1.91. The number of carbonyl (C=O) groups is 1. The molecule has 1 amide bonds. The van der Waals surface area contributed by atoms with Crippen LogP contribution in [0, 0.1) is 0 Å². The van der Waals surface area contributed by atoms with Gasteiger partial charge >= 0.3 is 0 Å². The molecule has 110 valence electrons. The summed E-state index contributed by atoms with van der Waals surface area (Å²) in [7, 11) is 0. The number of amides is 1. The number of hydrogen-bond acceptors (Lipinski definition) is 2. The number of rotatable bonds is 5. The van der Waals surface area contributed by atoms with Crippen LogP contribution in [0.5, 0.6) is 5.75 Å². The first-order valence-electron chi connectivity index (χ1n) is 6.53. The molecular formula is C16H15BrClNO2. The average molecular weight is 369 g/mol. The number of nitrogens with one attached hydrogen (secondary N) is 1. The van der Waals surface area contributed by atoms with Crippen LogP contribution in [0.2, 0.25) is 5.02 Å². The lowest BCUT2D eigenvalue weighted by molar-refractivity contribution is -0.120. The lowest BCUT2D eigenvalue weighted by atomic mass is 10.1. The van der Waals surface area contributed by atoms with Gasteiger partial charge in [0.25, 0.3) is 0 Å². The minimum Gasteiger partial charge on any atom is -0.506 e. The van der Waals surface area contributed by atoms with E-state index < -0.39 is 0 Å². The van der Waals surface area contributed by atoms with Gasteiger partial charge in [-0.25, -0.2) is 0 Å². The number of aromatic hydroxyl groups is 1. The van der Waals surface area contributed by atoms with Crippen LogP contribution in [0.4, 0.5) is 0 Å². The summed E-state index contributed by atoms with van der Waals surface area (Å²) in [4.78, 5) is 11.8. The number of carbonyl (C=O) groups excluding carboxylic acids is 1. The van der Waals surface area contributed by atoms with Crippen molar-refractivity contribution in [1.82, 2.24) is 5.32 Å². The predicted molar refractivity (Wildman–Crippen MR) is 87.7 cm³/mol. The van der Waals surface area contributed by atoms with E-state index in [2.05, 4.69) is 21.2 Å². The van der Waals surface area contributed by atoms with Crippen LogP contribution in [-0.2, 0) is 17.6 Å². The van der Waals surface area contributed by atoms with Crippen molar-refractivity contribution in [1.29, 1.82) is 0 Å². The fourth-order valence-corrected chi connectivity index (χ4v) is 2.37. The molecule has 3 nitrogen and oxygen atoms in total. The van der Waals surface area contributed by atoms with Crippen molar-refractivity contribution in [2.24, 2.45) is 0 Å². The van der Waals surface area contributed by atoms with Crippen LogP contribution < -0.4 is 5.32 Å². The largest absolute Gasteiger partial charge is 0.506 e. The summed E-state index contributed by atoms with van der Waals surface area (Å²) in [5.74, 6) is -0.0371. The topological polar surface area (TPSA) is 49.3 Å². The minimum absolute atomic E-state index is 0.0241. The lowest BCUT2D eigenvalue weighted by Crippen LogP contribution is -2.27. The molecule has 5 heteroatoms. The van der Waals surface area contributed by atoms with Crippen LogP contribution >= 0.6 is 27.5 Å². The Kier molecular flexibility index (Phi) is 5.65. The Morgan fingerprint density at radius 1 is 1.14 bits per heavy atom. The van der Waals surface area contributed by atoms with Crippen LogP contribution in [0.1, 0.15) is 11.1 Å². The number of hydrogen-bond donors (Lipinski definition) is 2. The molecule has 2 aromatic carbocycles. The first-order chi connectivity index (χ1) is 10.0. The molecular weight excluding hydrogens is 354 g/mol. The van der Waals surface area contributed by atoms with E-state index in [9.17, 15) is 9.90 Å². The number of phenols is 1. The predicted octanol–water partition coefficient (Wildman–Crippen LogP) is 3.71. The van der Waals surface area contributed by atoms with Crippen LogP contribution in [0.3, 0.4) is 0 Å². The second-order valence-corrected chi connectivity index (χ2v) is 6.01. The van der Waals surface area contributed by atoms with Gasteiger partial charge in [-0.15, -0.1) is 0 Å². The van der Waals surface area contributed by atoms with Crippen molar-refractivity contribution < 1.29 is 9.90 Å². The zero-order chi connectivity index (χ0) is 15.2. The van der Waals surface area contributed by atoms with E-state index in [-0.39, 0.29) is 23.1 Å². The molecule has 21 heavy (non-hydrogen) atoms. The van der Waals surface area contributed by atoms with Crippen LogP contribution in [0.25, 0.3) is 0 Å². The Bertz CT molecular complexity index is 629. The lowest BCUT2D eigenvalue weighted by Gasteiger charge is -2.06. The first-order valence-corrected chi connectivity index (χ1v) is 7.70. The normalized spacial score (nSPS) is 10.4. The maximum absolute atomic E-state index is 11.8. The number of benzene rings is 2. The Hall–Kier alpha value is -1.52. The molecule has 0 aromatic heterocycles. The first kappa shape index (κ1) is 15.9. The molecule has 0 radical (unpaired) electrons. The maximum atomic E-state index is 11.8. The van der Waals surface area contributed by atoms with E-state index in [1.165, 1.54) is 11.6 Å². The summed E-state index contributed by atoms with van der Waals surface area (Å²) in [6.45, 7) is 0.590. The Morgan fingerprint density at radius 2 is 1.81 bits per heavy atom. The van der Waals surface area contributed by atoms with Crippen molar-refractivity contribution in [2.75, 3.05) is 6.54 Å². The summed E-state index contributed by atoms with van der Waals surface area (Å²) in [5, 5.41) is 12.5. The van der Waals surface area contributed by atoms with Gasteiger partial charge in [-0.1, -0.05) is 45.7 Å². The Labute approximate surface area is 137 Å². The van der Waals surface area contributed by atoms with Gasteiger partial charge in [0.1, 0.15) is 5.75 Å². The highest BCUT2D eigenvalue weighted by atomic mass is 79.9. The molecule has 2 N–H and O–H groups in total. The molecule has 0 unspecified atom stereocenters. The summed E-state index contributed by atoms with van der Waals surface area (Å²) in [6.07, 6.45) is 1.04. The quantitative estimate of drug-likeness (QED) is 0.845. The van der Waals surface area contributed by atoms with Crippen LogP contribution in [-0.4, -0.2) is 17.6 Å². The van der Waals surface area contributed by atoms with Gasteiger partial charge in [-0.3, -0.25) is 4.79 Å². The molecule has 2 aromatic rings. The van der Waals surface area contributed by atoms with E-state index in [4.69, 9.17) is 11.6 Å². The van der Waals surface area contributed by atoms with Crippen molar-refractivity contribution in [3.05, 3.63) is 63.1 Å². The highest BCUT2D eigenvalue weighted by molar-refractivity contribution is 9.10. The van der Waals surface area contributed by atoms with Gasteiger partial charge < -0.3 is 10.4 Å². The van der Waals surface area contributed by atoms with E-state index in [0.29, 0.717) is 6.54 Å². The third-order valence-electron chi connectivity index (χ3n) is 3.03. The average Bonchev–Trinajstić information content (AvgIpc) is 2.45. The molecule has 0 atom stereocenters. The van der Waals surface area contributed by atoms with Gasteiger partial charge in [0, 0.05) is 11.0 Å². The molecule has 0 aliphatic heterocycles. The molecule has 0 fully saturated rings. The molecule has 0 heterocycles. The Morgan fingerprint density at radius 3 is 2.48 bits per heavy atom. The van der Waals surface area contributed by atoms with Crippen molar-refractivity contribution in [3.8, 4) is 5.75 Å². The summed E-state index contributed by atoms with van der Waals surface area (Å²) >= 11 is 9.20. The van der Waals surface area contributed by atoms with E-state index in [1.807, 2.05) is 24.3 Å². The molecule has 2 rings (SSSR count). The highest BCUT2D eigenvalue weighted by Crippen LogP contribution is 2.23. The Balaban J connectivity index is 1.79. The second kappa shape index (κ2) is 7.48. The van der Waals surface area contributed by atoms with E-state index in [1.54, 1.807) is 12.1 Å². The van der Waals surface area contributed by atoms with Gasteiger partial charge in [0.15, 0.2) is 0 Å². The van der Waals surface area contributed by atoms with Crippen LogP contribution in [0.15, 0.2) is 46.9 Å². The summed E-state index contributed by atoms with van der Waals surface area (Å²) in [5.41, 5.74) is 1.95. The van der Waals surface area contributed by atoms with Gasteiger partial charge in [-0.05, 0) is 41.8 Å².